The SMILES string of the molecule is Cc1cc(N2C(=O)[C@@H]3C[C@H](F)CN3C2=O)sn1. The molecule has 0 saturated carbocycles. The number of anilines is 1. The van der Waals surface area contributed by atoms with Gasteiger partial charge in [0.25, 0.3) is 5.91 Å². The summed E-state index contributed by atoms with van der Waals surface area (Å²) in [6.07, 6.45) is -0.975. The van der Waals surface area contributed by atoms with Crippen molar-refractivity contribution < 1.29 is 14.0 Å². The highest BCUT2D eigenvalue weighted by molar-refractivity contribution is 7.10. The van der Waals surface area contributed by atoms with E-state index < -0.39 is 18.2 Å². The molecule has 2 saturated heterocycles. The van der Waals surface area contributed by atoms with E-state index in [1.165, 1.54) is 4.90 Å². The summed E-state index contributed by atoms with van der Waals surface area (Å²) in [7, 11) is 0. The van der Waals surface area contributed by atoms with Crippen molar-refractivity contribution >= 4 is 28.5 Å². The van der Waals surface area contributed by atoms with Gasteiger partial charge in [0.15, 0.2) is 0 Å². The van der Waals surface area contributed by atoms with Gasteiger partial charge in [-0.1, -0.05) is 0 Å². The number of hydrogen-bond donors (Lipinski definition) is 0. The maximum absolute atomic E-state index is 13.2. The van der Waals surface area contributed by atoms with Crippen molar-refractivity contribution in [2.45, 2.75) is 25.6 Å². The molecule has 2 aliphatic rings. The Morgan fingerprint density at radius 1 is 1.53 bits per heavy atom. The van der Waals surface area contributed by atoms with Gasteiger partial charge in [0.2, 0.25) is 0 Å². The lowest BCUT2D eigenvalue weighted by atomic mass is 10.2. The van der Waals surface area contributed by atoms with Crippen molar-refractivity contribution in [3.63, 3.8) is 0 Å². The molecule has 1 aromatic heterocycles. The summed E-state index contributed by atoms with van der Waals surface area (Å²) in [5.74, 6) is -0.334. The molecule has 90 valence electrons. The molecule has 3 heterocycles. The minimum absolute atomic E-state index is 0.0174. The Bertz CT molecular complexity index is 479. The molecular weight excluding hydrogens is 245 g/mol. The summed E-state index contributed by atoms with van der Waals surface area (Å²) in [5.41, 5.74) is 0.765. The third kappa shape index (κ3) is 1.45. The average molecular weight is 255 g/mol. The molecule has 2 fully saturated rings. The number of alkyl halides is 1. The molecule has 3 rings (SSSR count). The summed E-state index contributed by atoms with van der Waals surface area (Å²) < 4.78 is 17.2. The van der Waals surface area contributed by atoms with Crippen LogP contribution in [0.2, 0.25) is 0 Å². The summed E-state index contributed by atoms with van der Waals surface area (Å²) in [5, 5.41) is 0.516. The van der Waals surface area contributed by atoms with Gasteiger partial charge in [-0.15, -0.1) is 0 Å². The van der Waals surface area contributed by atoms with E-state index in [1.54, 1.807) is 13.0 Å². The Labute approximate surface area is 101 Å². The molecular formula is C10H10FN3O2S. The number of urea groups is 1. The van der Waals surface area contributed by atoms with Crippen molar-refractivity contribution in [2.75, 3.05) is 11.4 Å². The normalized spacial score (nSPS) is 28.1. The number of amides is 3. The van der Waals surface area contributed by atoms with Crippen molar-refractivity contribution in [3.05, 3.63) is 11.8 Å². The number of carbonyl (C=O) groups excluding carboxylic acids is 2. The minimum atomic E-state index is -1.08. The second kappa shape index (κ2) is 3.49. The Hall–Kier alpha value is -1.50. The first-order valence-electron chi connectivity index (χ1n) is 5.30. The number of rotatable bonds is 1. The van der Waals surface area contributed by atoms with Crippen molar-refractivity contribution in [2.24, 2.45) is 0 Å². The van der Waals surface area contributed by atoms with Gasteiger partial charge in [-0.2, -0.15) is 4.37 Å². The van der Waals surface area contributed by atoms with Gasteiger partial charge in [0.05, 0.1) is 12.2 Å². The van der Waals surface area contributed by atoms with E-state index in [4.69, 9.17) is 0 Å². The molecule has 7 heteroatoms. The molecule has 2 atom stereocenters. The number of aryl methyl sites for hydroxylation is 1. The van der Waals surface area contributed by atoms with Gasteiger partial charge in [0.1, 0.15) is 17.2 Å². The lowest BCUT2D eigenvalue weighted by Crippen LogP contribution is -2.33. The lowest BCUT2D eigenvalue weighted by molar-refractivity contribution is -0.119. The summed E-state index contributed by atoms with van der Waals surface area (Å²) in [6.45, 7) is 1.81. The zero-order valence-electron chi connectivity index (χ0n) is 9.09. The standard InChI is InChI=1S/C10H10FN3O2S/c1-5-2-8(17-12-5)14-9(15)7-3-6(11)4-13(7)10(14)16/h2,6-7H,3-4H2,1H3/t6-,7-/m0/s1. The first kappa shape index (κ1) is 10.6. The van der Waals surface area contributed by atoms with Crippen molar-refractivity contribution in [1.29, 1.82) is 0 Å². The summed E-state index contributed by atoms with van der Waals surface area (Å²) in [6, 6.07) is 0.638. The van der Waals surface area contributed by atoms with Crippen LogP contribution < -0.4 is 4.90 Å². The highest BCUT2D eigenvalue weighted by Gasteiger charge is 2.51. The molecule has 17 heavy (non-hydrogen) atoms. The molecule has 0 unspecified atom stereocenters. The van der Waals surface area contributed by atoms with Crippen LogP contribution in [0.25, 0.3) is 0 Å². The van der Waals surface area contributed by atoms with Crippen LogP contribution in [0.4, 0.5) is 14.2 Å². The molecule has 1 aromatic rings. The fraction of sp³-hybridized carbons (Fsp3) is 0.500. The van der Waals surface area contributed by atoms with Gasteiger partial charge in [-0.3, -0.25) is 4.79 Å². The van der Waals surface area contributed by atoms with E-state index in [2.05, 4.69) is 4.37 Å². The Balaban J connectivity index is 1.94. The number of imide groups is 1. The van der Waals surface area contributed by atoms with E-state index in [-0.39, 0.29) is 18.9 Å². The third-order valence-electron chi connectivity index (χ3n) is 3.03. The molecule has 0 bridgehead atoms. The summed E-state index contributed by atoms with van der Waals surface area (Å²) >= 11 is 1.11. The number of nitrogens with zero attached hydrogens (tertiary/aromatic N) is 3. The zero-order chi connectivity index (χ0) is 12.2. The van der Waals surface area contributed by atoms with Gasteiger partial charge < -0.3 is 4.90 Å². The predicted molar refractivity (Wildman–Crippen MR) is 59.7 cm³/mol. The fourth-order valence-corrected chi connectivity index (χ4v) is 3.02. The van der Waals surface area contributed by atoms with Gasteiger partial charge in [-0.25, -0.2) is 14.1 Å². The highest BCUT2D eigenvalue weighted by Crippen LogP contribution is 2.34. The Morgan fingerprint density at radius 3 is 2.88 bits per heavy atom. The van der Waals surface area contributed by atoms with Crippen LogP contribution >= 0.6 is 11.5 Å². The number of halogens is 1. The molecule has 0 radical (unpaired) electrons. The molecule has 5 nitrogen and oxygen atoms in total. The second-order valence-corrected chi connectivity index (χ2v) is 5.05. The van der Waals surface area contributed by atoms with Crippen LogP contribution in [-0.2, 0) is 4.79 Å². The number of carbonyl (C=O) groups is 2. The van der Waals surface area contributed by atoms with Crippen LogP contribution in [0.5, 0.6) is 0 Å². The van der Waals surface area contributed by atoms with Crippen LogP contribution in [0.3, 0.4) is 0 Å². The lowest BCUT2D eigenvalue weighted by Gasteiger charge is -2.13. The maximum atomic E-state index is 13.2. The monoisotopic (exact) mass is 255 g/mol. The first-order valence-corrected chi connectivity index (χ1v) is 6.07. The molecule has 0 spiro atoms. The largest absolute Gasteiger partial charge is 0.332 e. The van der Waals surface area contributed by atoms with E-state index in [0.717, 1.165) is 22.1 Å². The van der Waals surface area contributed by atoms with E-state index in [9.17, 15) is 14.0 Å². The summed E-state index contributed by atoms with van der Waals surface area (Å²) in [4.78, 5) is 26.4. The predicted octanol–water partition coefficient (Wildman–Crippen LogP) is 1.33. The molecule has 0 aliphatic carbocycles. The molecule has 3 amide bonds. The van der Waals surface area contributed by atoms with Crippen molar-refractivity contribution in [1.82, 2.24) is 9.27 Å². The molecule has 2 aliphatic heterocycles. The van der Waals surface area contributed by atoms with Crippen molar-refractivity contribution in [3.8, 4) is 0 Å². The zero-order valence-corrected chi connectivity index (χ0v) is 9.91. The second-order valence-electron chi connectivity index (χ2n) is 4.26. The molecule has 0 aromatic carbocycles. The smallest absolute Gasteiger partial charge is 0.309 e. The van der Waals surface area contributed by atoms with Gasteiger partial charge >= 0.3 is 6.03 Å². The first-order chi connectivity index (χ1) is 8.08. The third-order valence-corrected chi connectivity index (χ3v) is 3.90. The average Bonchev–Trinajstić information content (AvgIpc) is 2.89. The quantitative estimate of drug-likeness (QED) is 0.711. The number of fused-ring (bicyclic) bond motifs is 1. The molecule has 0 N–H and O–H groups in total. The Kier molecular flexibility index (Phi) is 2.19. The van der Waals surface area contributed by atoms with E-state index in [0.29, 0.717) is 5.00 Å². The van der Waals surface area contributed by atoms with E-state index >= 15 is 0 Å². The number of aromatic nitrogens is 1. The fourth-order valence-electron chi connectivity index (χ4n) is 2.26. The van der Waals surface area contributed by atoms with Gasteiger partial charge in [0, 0.05) is 6.42 Å². The number of hydrogen-bond acceptors (Lipinski definition) is 4. The van der Waals surface area contributed by atoms with Crippen LogP contribution in [-0.4, -0.2) is 40.0 Å². The highest BCUT2D eigenvalue weighted by atomic mass is 32.1. The minimum Gasteiger partial charge on any atom is -0.309 e. The van der Waals surface area contributed by atoms with Crippen LogP contribution in [0.15, 0.2) is 6.07 Å². The van der Waals surface area contributed by atoms with Crippen LogP contribution in [0.1, 0.15) is 12.1 Å². The Morgan fingerprint density at radius 2 is 2.29 bits per heavy atom. The van der Waals surface area contributed by atoms with Gasteiger partial charge in [-0.05, 0) is 24.5 Å². The van der Waals surface area contributed by atoms with E-state index in [1.807, 2.05) is 0 Å². The van der Waals surface area contributed by atoms with Crippen LogP contribution in [0, 0.1) is 6.92 Å². The topological polar surface area (TPSA) is 53.5 Å². The maximum Gasteiger partial charge on any atom is 0.332 e.